The second kappa shape index (κ2) is 10.2. The van der Waals surface area contributed by atoms with Gasteiger partial charge in [0.25, 0.3) is 0 Å². The third kappa shape index (κ3) is 5.65. The fourth-order valence-corrected chi connectivity index (χ4v) is 4.15. The highest BCUT2D eigenvalue weighted by Crippen LogP contribution is 2.23. The fourth-order valence-electron chi connectivity index (χ4n) is 4.15. The molecule has 0 N–H and O–H groups in total. The first-order valence-corrected chi connectivity index (χ1v) is 10.6. The zero-order valence-electron chi connectivity index (χ0n) is 17.2. The Labute approximate surface area is 168 Å². The van der Waals surface area contributed by atoms with Crippen LogP contribution in [0.2, 0.25) is 0 Å². The minimum absolute atomic E-state index is 0.125. The standard InChI is InChI=1S/C23H33FN2O2/c1-3-18(2)23(27)26(17-21-8-6-14-28-21)15-19-10-12-25(13-11-19)16-20-7-4-5-9-22(20)24/h3-5,7,9,19,21H,6,8,10-17H2,1-2H3/b18-3+/t21-/m0/s1. The van der Waals surface area contributed by atoms with Gasteiger partial charge in [-0.2, -0.15) is 0 Å². The van der Waals surface area contributed by atoms with Crippen LogP contribution in [0.3, 0.4) is 0 Å². The van der Waals surface area contributed by atoms with Crippen molar-refractivity contribution in [1.82, 2.24) is 9.80 Å². The third-order valence-electron chi connectivity index (χ3n) is 6.04. The van der Waals surface area contributed by atoms with Crippen LogP contribution in [0.15, 0.2) is 35.9 Å². The second-order valence-electron chi connectivity index (χ2n) is 8.13. The van der Waals surface area contributed by atoms with Crippen LogP contribution in [0.1, 0.15) is 45.1 Å². The van der Waals surface area contributed by atoms with Gasteiger partial charge < -0.3 is 9.64 Å². The Balaban J connectivity index is 1.53. The first-order chi connectivity index (χ1) is 13.6. The van der Waals surface area contributed by atoms with E-state index in [0.717, 1.165) is 63.1 Å². The SMILES string of the molecule is C/C=C(\C)C(=O)N(CC1CCN(Cc2ccccc2F)CC1)C[C@@H]1CCCO1. The third-order valence-corrected chi connectivity index (χ3v) is 6.04. The first kappa shape index (κ1) is 21.0. The maximum Gasteiger partial charge on any atom is 0.249 e. The Kier molecular flexibility index (Phi) is 7.63. The molecule has 4 nitrogen and oxygen atoms in total. The van der Waals surface area contributed by atoms with Crippen LogP contribution in [0, 0.1) is 11.7 Å². The van der Waals surface area contributed by atoms with Gasteiger partial charge in [0.15, 0.2) is 0 Å². The van der Waals surface area contributed by atoms with Crippen molar-refractivity contribution in [3.05, 3.63) is 47.3 Å². The molecule has 1 aromatic carbocycles. The predicted molar refractivity (Wildman–Crippen MR) is 109 cm³/mol. The smallest absolute Gasteiger partial charge is 0.249 e. The lowest BCUT2D eigenvalue weighted by Crippen LogP contribution is -2.43. The Hall–Kier alpha value is -1.72. The first-order valence-electron chi connectivity index (χ1n) is 10.6. The van der Waals surface area contributed by atoms with Gasteiger partial charge in [0.05, 0.1) is 6.10 Å². The van der Waals surface area contributed by atoms with Gasteiger partial charge in [-0.1, -0.05) is 24.3 Å². The summed E-state index contributed by atoms with van der Waals surface area (Å²) in [5.41, 5.74) is 1.56. The normalized spacial score (nSPS) is 21.8. The van der Waals surface area contributed by atoms with E-state index >= 15 is 0 Å². The molecule has 0 spiro atoms. The quantitative estimate of drug-likeness (QED) is 0.662. The van der Waals surface area contributed by atoms with E-state index in [1.165, 1.54) is 6.07 Å². The van der Waals surface area contributed by atoms with E-state index in [1.54, 1.807) is 6.07 Å². The van der Waals surface area contributed by atoms with Gasteiger partial charge in [-0.3, -0.25) is 9.69 Å². The summed E-state index contributed by atoms with van der Waals surface area (Å²) in [5, 5.41) is 0. The number of allylic oxidation sites excluding steroid dienone is 1. The molecule has 0 saturated carbocycles. The molecule has 2 aliphatic rings. The Bertz CT molecular complexity index is 677. The van der Waals surface area contributed by atoms with Crippen LogP contribution in [0.5, 0.6) is 0 Å². The second-order valence-corrected chi connectivity index (χ2v) is 8.13. The number of hydrogen-bond acceptors (Lipinski definition) is 3. The number of likely N-dealkylation sites (tertiary alicyclic amines) is 1. The van der Waals surface area contributed by atoms with Crippen molar-refractivity contribution >= 4 is 5.91 Å². The molecule has 154 valence electrons. The van der Waals surface area contributed by atoms with Gasteiger partial charge in [-0.25, -0.2) is 4.39 Å². The minimum atomic E-state index is -0.125. The lowest BCUT2D eigenvalue weighted by atomic mass is 9.95. The van der Waals surface area contributed by atoms with E-state index in [-0.39, 0.29) is 17.8 Å². The van der Waals surface area contributed by atoms with Crippen molar-refractivity contribution in [2.24, 2.45) is 5.92 Å². The van der Waals surface area contributed by atoms with Gasteiger partial charge in [-0.15, -0.1) is 0 Å². The van der Waals surface area contributed by atoms with Gasteiger partial charge in [0.2, 0.25) is 5.91 Å². The molecular weight excluding hydrogens is 355 g/mol. The molecule has 3 rings (SSSR count). The highest BCUT2D eigenvalue weighted by molar-refractivity contribution is 5.92. The summed E-state index contributed by atoms with van der Waals surface area (Å²) >= 11 is 0. The summed E-state index contributed by atoms with van der Waals surface area (Å²) in [5.74, 6) is 0.499. The number of amides is 1. The van der Waals surface area contributed by atoms with Crippen LogP contribution in [-0.4, -0.2) is 54.6 Å². The number of halogens is 1. The molecular formula is C23H33FN2O2. The summed E-state index contributed by atoms with van der Waals surface area (Å²) in [7, 11) is 0. The van der Waals surface area contributed by atoms with Crippen LogP contribution in [0.4, 0.5) is 4.39 Å². The van der Waals surface area contributed by atoms with Gasteiger partial charge in [-0.05, 0) is 64.6 Å². The molecule has 0 bridgehead atoms. The number of carbonyl (C=O) groups excluding carboxylic acids is 1. The number of hydrogen-bond donors (Lipinski definition) is 0. The van der Waals surface area contributed by atoms with Crippen molar-refractivity contribution in [3.8, 4) is 0 Å². The van der Waals surface area contributed by atoms with E-state index < -0.39 is 0 Å². The van der Waals surface area contributed by atoms with Crippen molar-refractivity contribution in [2.75, 3.05) is 32.8 Å². The largest absolute Gasteiger partial charge is 0.376 e. The fraction of sp³-hybridized carbons (Fsp3) is 0.609. The lowest BCUT2D eigenvalue weighted by Gasteiger charge is -2.35. The predicted octanol–water partition coefficient (Wildman–Crippen LogP) is 4.01. The van der Waals surface area contributed by atoms with Crippen LogP contribution < -0.4 is 0 Å². The summed E-state index contributed by atoms with van der Waals surface area (Å²) in [6, 6.07) is 7.02. The van der Waals surface area contributed by atoms with E-state index in [1.807, 2.05) is 37.0 Å². The van der Waals surface area contributed by atoms with Crippen molar-refractivity contribution in [3.63, 3.8) is 0 Å². The molecule has 2 saturated heterocycles. The average molecular weight is 389 g/mol. The Morgan fingerprint density at radius 3 is 2.64 bits per heavy atom. The zero-order valence-corrected chi connectivity index (χ0v) is 17.2. The molecule has 2 aliphatic heterocycles. The molecule has 1 atom stereocenters. The molecule has 0 radical (unpaired) electrons. The zero-order chi connectivity index (χ0) is 19.9. The van der Waals surface area contributed by atoms with Crippen LogP contribution in [-0.2, 0) is 16.1 Å². The number of piperidine rings is 1. The highest BCUT2D eigenvalue weighted by Gasteiger charge is 2.27. The number of nitrogens with zero attached hydrogens (tertiary/aromatic N) is 2. The van der Waals surface area contributed by atoms with E-state index in [2.05, 4.69) is 4.90 Å². The van der Waals surface area contributed by atoms with E-state index in [0.29, 0.717) is 19.0 Å². The molecule has 1 aromatic rings. The summed E-state index contributed by atoms with van der Waals surface area (Å²) in [6.45, 7) is 8.66. The number of carbonyl (C=O) groups is 1. The van der Waals surface area contributed by atoms with Crippen molar-refractivity contribution < 1.29 is 13.9 Å². The summed E-state index contributed by atoms with van der Waals surface area (Å²) in [6.07, 6.45) is 6.28. The molecule has 1 amide bonds. The Morgan fingerprint density at radius 2 is 2.00 bits per heavy atom. The molecule has 2 fully saturated rings. The number of benzene rings is 1. The van der Waals surface area contributed by atoms with Gasteiger partial charge in [0.1, 0.15) is 5.82 Å². The van der Waals surface area contributed by atoms with E-state index in [4.69, 9.17) is 4.74 Å². The van der Waals surface area contributed by atoms with Gasteiger partial charge in [0, 0.05) is 37.4 Å². The number of rotatable bonds is 7. The minimum Gasteiger partial charge on any atom is -0.376 e. The maximum absolute atomic E-state index is 13.9. The van der Waals surface area contributed by atoms with Crippen LogP contribution >= 0.6 is 0 Å². The molecule has 5 heteroatoms. The molecule has 0 unspecified atom stereocenters. The molecule has 2 heterocycles. The highest BCUT2D eigenvalue weighted by atomic mass is 19.1. The molecule has 0 aliphatic carbocycles. The summed E-state index contributed by atoms with van der Waals surface area (Å²) < 4.78 is 19.7. The molecule has 28 heavy (non-hydrogen) atoms. The summed E-state index contributed by atoms with van der Waals surface area (Å²) in [4.78, 5) is 17.1. The lowest BCUT2D eigenvalue weighted by molar-refractivity contribution is -0.129. The topological polar surface area (TPSA) is 32.8 Å². The molecule has 0 aromatic heterocycles. The van der Waals surface area contributed by atoms with Gasteiger partial charge >= 0.3 is 0 Å². The maximum atomic E-state index is 13.9. The average Bonchev–Trinajstić information content (AvgIpc) is 3.22. The Morgan fingerprint density at radius 1 is 1.25 bits per heavy atom. The van der Waals surface area contributed by atoms with Crippen molar-refractivity contribution in [1.29, 1.82) is 0 Å². The van der Waals surface area contributed by atoms with Crippen LogP contribution in [0.25, 0.3) is 0 Å². The van der Waals surface area contributed by atoms with E-state index in [9.17, 15) is 9.18 Å². The monoisotopic (exact) mass is 388 g/mol. The number of ether oxygens (including phenoxy) is 1. The van der Waals surface area contributed by atoms with Crippen molar-refractivity contribution in [2.45, 2.75) is 52.2 Å².